The molecule has 1 saturated carbocycles. The Morgan fingerprint density at radius 3 is 3.10 bits per heavy atom. The molecular formula is C16H22N2O3. The average Bonchev–Trinajstić information content (AvgIpc) is 3.08. The van der Waals surface area contributed by atoms with Crippen molar-refractivity contribution in [2.45, 2.75) is 25.9 Å². The largest absolute Gasteiger partial charge is 0.488 e. The normalized spacial score (nSPS) is 27.7. The molecule has 0 spiro atoms. The minimum Gasteiger partial charge on any atom is -0.488 e. The highest BCUT2D eigenvalue weighted by molar-refractivity contribution is 5.77. The molecule has 0 unspecified atom stereocenters. The van der Waals surface area contributed by atoms with Crippen molar-refractivity contribution >= 4 is 5.91 Å². The summed E-state index contributed by atoms with van der Waals surface area (Å²) >= 11 is 0. The Bertz CT molecular complexity index is 480. The first-order valence-corrected chi connectivity index (χ1v) is 7.70. The number of aromatic nitrogens is 1. The molecule has 0 bridgehead atoms. The van der Waals surface area contributed by atoms with Gasteiger partial charge in [0.15, 0.2) is 0 Å². The van der Waals surface area contributed by atoms with Gasteiger partial charge in [-0.05, 0) is 37.8 Å². The minimum atomic E-state index is 0.103. The van der Waals surface area contributed by atoms with Gasteiger partial charge in [-0.2, -0.15) is 0 Å². The molecule has 3 rings (SSSR count). The zero-order chi connectivity index (χ0) is 14.7. The fraction of sp³-hybridized carbons (Fsp3) is 0.625. The summed E-state index contributed by atoms with van der Waals surface area (Å²) in [6.07, 6.45) is 5.89. The first-order chi connectivity index (χ1) is 10.3. The van der Waals surface area contributed by atoms with Crippen LogP contribution in [0.3, 0.4) is 0 Å². The molecule has 2 fully saturated rings. The number of hydrogen-bond donors (Lipinski definition) is 0. The van der Waals surface area contributed by atoms with Crippen molar-refractivity contribution in [2.75, 3.05) is 26.3 Å². The van der Waals surface area contributed by atoms with Crippen LogP contribution in [0, 0.1) is 11.8 Å². The Kier molecular flexibility index (Phi) is 4.39. The number of amides is 1. The van der Waals surface area contributed by atoms with Crippen LogP contribution in [-0.4, -0.2) is 48.2 Å². The number of fused-ring (bicyclic) bond motifs is 1. The van der Waals surface area contributed by atoms with E-state index in [-0.39, 0.29) is 18.6 Å². The summed E-state index contributed by atoms with van der Waals surface area (Å²) in [6.45, 7) is 4.33. The van der Waals surface area contributed by atoms with Crippen LogP contribution >= 0.6 is 0 Å². The fourth-order valence-electron chi connectivity index (χ4n) is 3.44. The molecule has 1 aliphatic carbocycles. The van der Waals surface area contributed by atoms with E-state index in [0.717, 1.165) is 31.7 Å². The Balaban J connectivity index is 1.57. The predicted molar refractivity (Wildman–Crippen MR) is 77.9 cm³/mol. The second-order valence-corrected chi connectivity index (χ2v) is 5.78. The van der Waals surface area contributed by atoms with Crippen molar-refractivity contribution in [2.24, 2.45) is 11.8 Å². The minimum absolute atomic E-state index is 0.103. The van der Waals surface area contributed by atoms with Crippen molar-refractivity contribution in [3.05, 3.63) is 24.5 Å². The molecule has 0 N–H and O–H groups in total. The molecule has 1 saturated heterocycles. The average molecular weight is 290 g/mol. The number of ether oxygens (including phenoxy) is 2. The van der Waals surface area contributed by atoms with Gasteiger partial charge in [-0.1, -0.05) is 0 Å². The lowest BCUT2D eigenvalue weighted by atomic mass is 9.99. The van der Waals surface area contributed by atoms with E-state index in [1.165, 1.54) is 0 Å². The third kappa shape index (κ3) is 3.18. The van der Waals surface area contributed by atoms with E-state index in [2.05, 4.69) is 4.98 Å². The molecule has 5 nitrogen and oxygen atoms in total. The molecule has 21 heavy (non-hydrogen) atoms. The van der Waals surface area contributed by atoms with E-state index < -0.39 is 0 Å². The maximum Gasteiger partial charge on any atom is 0.248 e. The van der Waals surface area contributed by atoms with E-state index in [1.807, 2.05) is 24.0 Å². The quantitative estimate of drug-likeness (QED) is 0.829. The van der Waals surface area contributed by atoms with Crippen LogP contribution in [0.25, 0.3) is 0 Å². The molecule has 1 aliphatic heterocycles. The highest BCUT2D eigenvalue weighted by Gasteiger charge is 2.45. The smallest absolute Gasteiger partial charge is 0.248 e. The number of likely N-dealkylation sites (tertiary alicyclic amines) is 1. The van der Waals surface area contributed by atoms with Gasteiger partial charge in [0, 0.05) is 31.8 Å². The van der Waals surface area contributed by atoms with Gasteiger partial charge in [0.2, 0.25) is 5.91 Å². The van der Waals surface area contributed by atoms with E-state index in [0.29, 0.717) is 18.4 Å². The van der Waals surface area contributed by atoms with Crippen LogP contribution in [0.1, 0.15) is 19.8 Å². The second-order valence-electron chi connectivity index (χ2n) is 5.78. The van der Waals surface area contributed by atoms with Crippen LogP contribution in [0.15, 0.2) is 24.5 Å². The van der Waals surface area contributed by atoms with Gasteiger partial charge in [-0.15, -0.1) is 0 Å². The predicted octanol–water partition coefficient (Wildman–Crippen LogP) is 1.73. The summed E-state index contributed by atoms with van der Waals surface area (Å²) in [5.74, 6) is 1.93. The molecule has 0 radical (unpaired) electrons. The van der Waals surface area contributed by atoms with Crippen LogP contribution in [-0.2, 0) is 9.53 Å². The number of carbonyl (C=O) groups excluding carboxylic acids is 1. The van der Waals surface area contributed by atoms with Crippen LogP contribution in [0.2, 0.25) is 0 Å². The van der Waals surface area contributed by atoms with Crippen LogP contribution in [0.4, 0.5) is 0 Å². The molecule has 2 heterocycles. The number of nitrogens with zero attached hydrogens (tertiary/aromatic N) is 2. The van der Waals surface area contributed by atoms with E-state index in [4.69, 9.17) is 9.47 Å². The third-order valence-corrected chi connectivity index (χ3v) is 4.50. The summed E-state index contributed by atoms with van der Waals surface area (Å²) in [5, 5.41) is 0. The lowest BCUT2D eigenvalue weighted by Gasteiger charge is -2.21. The zero-order valence-electron chi connectivity index (χ0n) is 12.4. The number of hydrogen-bond acceptors (Lipinski definition) is 4. The van der Waals surface area contributed by atoms with E-state index >= 15 is 0 Å². The van der Waals surface area contributed by atoms with Crippen molar-refractivity contribution in [1.82, 2.24) is 9.88 Å². The van der Waals surface area contributed by atoms with Crippen molar-refractivity contribution in [3.63, 3.8) is 0 Å². The number of pyridine rings is 1. The van der Waals surface area contributed by atoms with Gasteiger partial charge >= 0.3 is 0 Å². The SMILES string of the molecule is CCOCC(=O)N1C[C@H]2CC[C@H](Oc3cccnc3)[C@H]2C1. The first-order valence-electron chi connectivity index (χ1n) is 7.70. The molecule has 3 atom stereocenters. The van der Waals surface area contributed by atoms with Crippen molar-refractivity contribution in [3.8, 4) is 5.75 Å². The lowest BCUT2D eigenvalue weighted by Crippen LogP contribution is -2.34. The van der Waals surface area contributed by atoms with E-state index in [1.54, 1.807) is 12.4 Å². The molecule has 0 aromatic carbocycles. The van der Waals surface area contributed by atoms with Gasteiger partial charge in [0.25, 0.3) is 0 Å². The monoisotopic (exact) mass is 290 g/mol. The molecule has 1 aromatic heterocycles. The molecule has 5 heteroatoms. The van der Waals surface area contributed by atoms with Gasteiger partial charge in [0.1, 0.15) is 18.5 Å². The third-order valence-electron chi connectivity index (χ3n) is 4.50. The molecule has 1 aromatic rings. The maximum absolute atomic E-state index is 12.1. The van der Waals surface area contributed by atoms with Gasteiger partial charge < -0.3 is 14.4 Å². The molecule has 114 valence electrons. The summed E-state index contributed by atoms with van der Waals surface area (Å²) in [4.78, 5) is 18.1. The summed E-state index contributed by atoms with van der Waals surface area (Å²) < 4.78 is 11.3. The van der Waals surface area contributed by atoms with Gasteiger partial charge in [0.05, 0.1) is 6.20 Å². The Morgan fingerprint density at radius 2 is 2.33 bits per heavy atom. The Labute approximate surface area is 125 Å². The van der Waals surface area contributed by atoms with E-state index in [9.17, 15) is 4.79 Å². The van der Waals surface area contributed by atoms with Gasteiger partial charge in [-0.25, -0.2) is 0 Å². The highest BCUT2D eigenvalue weighted by Crippen LogP contribution is 2.40. The fourth-order valence-corrected chi connectivity index (χ4v) is 3.44. The molecular weight excluding hydrogens is 268 g/mol. The Hall–Kier alpha value is -1.62. The topological polar surface area (TPSA) is 51.7 Å². The van der Waals surface area contributed by atoms with Crippen molar-refractivity contribution < 1.29 is 14.3 Å². The Morgan fingerprint density at radius 1 is 1.43 bits per heavy atom. The second kappa shape index (κ2) is 6.43. The molecule has 1 amide bonds. The van der Waals surface area contributed by atoms with Crippen molar-refractivity contribution in [1.29, 1.82) is 0 Å². The first kappa shape index (κ1) is 14.3. The summed E-state index contributed by atoms with van der Waals surface area (Å²) in [6, 6.07) is 3.82. The molecule has 2 aliphatic rings. The summed E-state index contributed by atoms with van der Waals surface area (Å²) in [5.41, 5.74) is 0. The number of rotatable bonds is 5. The highest BCUT2D eigenvalue weighted by atomic mass is 16.5. The standard InChI is InChI=1S/C16H22N2O3/c1-2-20-11-16(19)18-9-12-5-6-15(14(12)10-18)21-13-4-3-7-17-8-13/h3-4,7-8,12,14-15H,2,5-6,9-11H2,1H3/t12-,14+,15+/m1/s1. The zero-order valence-corrected chi connectivity index (χ0v) is 12.4. The van der Waals surface area contributed by atoms with Gasteiger partial charge in [-0.3, -0.25) is 9.78 Å². The van der Waals surface area contributed by atoms with Crippen LogP contribution < -0.4 is 4.74 Å². The van der Waals surface area contributed by atoms with Crippen LogP contribution in [0.5, 0.6) is 5.75 Å². The summed E-state index contributed by atoms with van der Waals surface area (Å²) in [7, 11) is 0. The maximum atomic E-state index is 12.1. The lowest BCUT2D eigenvalue weighted by molar-refractivity contribution is -0.135. The number of carbonyl (C=O) groups is 1.